The first kappa shape index (κ1) is 14.3. The van der Waals surface area contributed by atoms with Gasteiger partial charge in [-0.2, -0.15) is 0 Å². The fourth-order valence-electron chi connectivity index (χ4n) is 2.08. The molecule has 4 nitrogen and oxygen atoms in total. The summed E-state index contributed by atoms with van der Waals surface area (Å²) in [7, 11) is 0.438. The van der Waals surface area contributed by atoms with E-state index in [0.717, 1.165) is 17.5 Å². The van der Waals surface area contributed by atoms with Crippen molar-refractivity contribution in [3.05, 3.63) is 59.7 Å². The Morgan fingerprint density at radius 1 is 1.10 bits per heavy atom. The van der Waals surface area contributed by atoms with Crippen LogP contribution in [0.1, 0.15) is 15.9 Å². The van der Waals surface area contributed by atoms with Crippen molar-refractivity contribution < 1.29 is 14.8 Å². The summed E-state index contributed by atoms with van der Waals surface area (Å²) >= 11 is 0. The van der Waals surface area contributed by atoms with Crippen LogP contribution in [0.5, 0.6) is 0 Å². The Balaban J connectivity index is 2.18. The van der Waals surface area contributed by atoms with Crippen molar-refractivity contribution in [2.75, 3.05) is 11.9 Å². The smallest absolute Gasteiger partial charge is 0.423 e. The third-order valence-electron chi connectivity index (χ3n) is 3.21. The maximum absolute atomic E-state index is 10.6. The number of hydrogen-bond donors (Lipinski definition) is 2. The second-order valence-electron chi connectivity index (χ2n) is 4.64. The molecule has 0 unspecified atom stereocenters. The van der Waals surface area contributed by atoms with Crippen LogP contribution in [0, 0.1) is 0 Å². The van der Waals surface area contributed by atoms with Gasteiger partial charge in [-0.15, -0.1) is 0 Å². The highest BCUT2D eigenvalue weighted by Crippen LogP contribution is 2.15. The van der Waals surface area contributed by atoms with Crippen molar-refractivity contribution in [3.63, 3.8) is 0 Å². The van der Waals surface area contributed by atoms with E-state index in [1.165, 1.54) is 0 Å². The van der Waals surface area contributed by atoms with Crippen LogP contribution in [0.2, 0.25) is 0 Å². The Morgan fingerprint density at radius 3 is 2.35 bits per heavy atom. The van der Waals surface area contributed by atoms with Gasteiger partial charge < -0.3 is 14.9 Å². The molecular weight excluding hydrogens is 253 g/mol. The van der Waals surface area contributed by atoms with Gasteiger partial charge in [-0.1, -0.05) is 24.3 Å². The number of carbonyl (C=O) groups is 1. The maximum atomic E-state index is 10.6. The topological polar surface area (TPSA) is 60.8 Å². The van der Waals surface area contributed by atoms with E-state index in [1.54, 1.807) is 24.3 Å². The Kier molecular flexibility index (Phi) is 4.55. The number of carbonyl (C=O) groups excluding carboxylic acids is 1. The third-order valence-corrected chi connectivity index (χ3v) is 3.21. The predicted molar refractivity (Wildman–Crippen MR) is 80.2 cm³/mol. The molecule has 2 aromatic carbocycles. The average molecular weight is 269 g/mol. The van der Waals surface area contributed by atoms with E-state index in [9.17, 15) is 14.8 Å². The number of anilines is 1. The monoisotopic (exact) mass is 269 g/mol. The third kappa shape index (κ3) is 3.26. The van der Waals surface area contributed by atoms with E-state index in [4.69, 9.17) is 0 Å². The average Bonchev–Trinajstić information content (AvgIpc) is 2.47. The van der Waals surface area contributed by atoms with Crippen LogP contribution in [-0.2, 0) is 6.54 Å². The summed E-state index contributed by atoms with van der Waals surface area (Å²) in [5.74, 6) is 0. The van der Waals surface area contributed by atoms with Crippen molar-refractivity contribution in [1.29, 1.82) is 0 Å². The van der Waals surface area contributed by atoms with Crippen molar-refractivity contribution in [3.8, 4) is 0 Å². The zero-order valence-electron chi connectivity index (χ0n) is 11.2. The van der Waals surface area contributed by atoms with Gasteiger partial charge in [0.1, 0.15) is 6.29 Å². The number of rotatable bonds is 5. The first-order valence-corrected chi connectivity index (χ1v) is 6.32. The molecule has 0 saturated heterocycles. The first-order valence-electron chi connectivity index (χ1n) is 6.32. The molecule has 0 aliphatic carbocycles. The molecule has 0 aliphatic rings. The lowest BCUT2D eigenvalue weighted by Gasteiger charge is -2.21. The van der Waals surface area contributed by atoms with Crippen molar-refractivity contribution >= 4 is 24.6 Å². The standard InChI is InChI=1S/C15H16BNO3/c1-17(14-8-6-12(11-18)7-9-14)10-13-4-2-3-5-15(13)16(19)20/h2-9,11,19-20H,10H2,1H3. The lowest BCUT2D eigenvalue weighted by Crippen LogP contribution is -2.35. The van der Waals surface area contributed by atoms with Crippen LogP contribution < -0.4 is 10.4 Å². The highest BCUT2D eigenvalue weighted by Gasteiger charge is 2.16. The maximum Gasteiger partial charge on any atom is 0.488 e. The van der Waals surface area contributed by atoms with Crippen LogP contribution >= 0.6 is 0 Å². The predicted octanol–water partition coefficient (Wildman–Crippen LogP) is 0.815. The Hall–Kier alpha value is -2.11. The molecule has 0 aliphatic heterocycles. The fourth-order valence-corrected chi connectivity index (χ4v) is 2.08. The summed E-state index contributed by atoms with van der Waals surface area (Å²) in [6, 6.07) is 14.4. The molecule has 0 saturated carbocycles. The van der Waals surface area contributed by atoms with Gasteiger partial charge in [-0.3, -0.25) is 4.79 Å². The Morgan fingerprint density at radius 2 is 1.75 bits per heavy atom. The fraction of sp³-hybridized carbons (Fsp3) is 0.133. The number of benzene rings is 2. The molecule has 2 aromatic rings. The van der Waals surface area contributed by atoms with Gasteiger partial charge in [0.15, 0.2) is 0 Å². The van der Waals surface area contributed by atoms with E-state index in [1.807, 2.05) is 36.2 Å². The van der Waals surface area contributed by atoms with E-state index < -0.39 is 7.12 Å². The molecule has 5 heteroatoms. The molecule has 0 amide bonds. The molecule has 0 spiro atoms. The van der Waals surface area contributed by atoms with E-state index in [0.29, 0.717) is 17.6 Å². The molecular formula is C15H16BNO3. The van der Waals surface area contributed by atoms with Gasteiger partial charge in [0.25, 0.3) is 0 Å². The summed E-state index contributed by atoms with van der Waals surface area (Å²) in [4.78, 5) is 12.6. The van der Waals surface area contributed by atoms with Crippen LogP contribution in [0.15, 0.2) is 48.5 Å². The van der Waals surface area contributed by atoms with Gasteiger partial charge in [0.2, 0.25) is 0 Å². The second-order valence-corrected chi connectivity index (χ2v) is 4.64. The lowest BCUT2D eigenvalue weighted by molar-refractivity contribution is 0.112. The van der Waals surface area contributed by atoms with Crippen LogP contribution in [0.4, 0.5) is 5.69 Å². The number of hydrogen-bond acceptors (Lipinski definition) is 4. The quantitative estimate of drug-likeness (QED) is 0.623. The molecule has 0 bridgehead atoms. The number of nitrogens with zero attached hydrogens (tertiary/aromatic N) is 1. The minimum absolute atomic E-state index is 0.504. The molecule has 102 valence electrons. The van der Waals surface area contributed by atoms with Crippen molar-refractivity contribution in [2.24, 2.45) is 0 Å². The van der Waals surface area contributed by atoms with Crippen LogP contribution in [0.25, 0.3) is 0 Å². The Bertz CT molecular complexity index is 584. The van der Waals surface area contributed by atoms with Gasteiger partial charge in [0, 0.05) is 24.8 Å². The van der Waals surface area contributed by atoms with E-state index in [2.05, 4.69) is 0 Å². The molecule has 0 fully saturated rings. The lowest BCUT2D eigenvalue weighted by atomic mass is 9.77. The molecule has 0 heterocycles. The number of aldehydes is 1. The normalized spacial score (nSPS) is 10.2. The summed E-state index contributed by atoms with van der Waals surface area (Å²) < 4.78 is 0. The van der Waals surface area contributed by atoms with Crippen molar-refractivity contribution in [2.45, 2.75) is 6.54 Å². The van der Waals surface area contributed by atoms with Crippen molar-refractivity contribution in [1.82, 2.24) is 0 Å². The Labute approximate surface area is 118 Å². The first-order chi connectivity index (χ1) is 9.61. The van der Waals surface area contributed by atoms with E-state index in [-0.39, 0.29) is 0 Å². The summed E-state index contributed by atoms with van der Waals surface area (Å²) in [5.41, 5.74) is 2.94. The molecule has 0 radical (unpaired) electrons. The second kappa shape index (κ2) is 6.37. The summed E-state index contributed by atoms with van der Waals surface area (Å²) in [6.07, 6.45) is 0.807. The van der Waals surface area contributed by atoms with Crippen LogP contribution in [0.3, 0.4) is 0 Å². The largest absolute Gasteiger partial charge is 0.488 e. The SMILES string of the molecule is CN(Cc1ccccc1B(O)O)c1ccc(C=O)cc1. The zero-order valence-corrected chi connectivity index (χ0v) is 11.2. The molecule has 2 rings (SSSR count). The summed E-state index contributed by atoms with van der Waals surface area (Å²) in [5, 5.41) is 18.7. The summed E-state index contributed by atoms with van der Waals surface area (Å²) in [6.45, 7) is 0.550. The molecule has 2 N–H and O–H groups in total. The molecule has 20 heavy (non-hydrogen) atoms. The highest BCUT2D eigenvalue weighted by molar-refractivity contribution is 6.59. The van der Waals surface area contributed by atoms with Gasteiger partial charge >= 0.3 is 7.12 Å². The van der Waals surface area contributed by atoms with Crippen LogP contribution in [-0.4, -0.2) is 30.5 Å². The van der Waals surface area contributed by atoms with E-state index >= 15 is 0 Å². The highest BCUT2D eigenvalue weighted by atomic mass is 16.4. The minimum atomic E-state index is -1.47. The molecule has 0 atom stereocenters. The molecule has 0 aromatic heterocycles. The van der Waals surface area contributed by atoms with Gasteiger partial charge in [0.05, 0.1) is 0 Å². The minimum Gasteiger partial charge on any atom is -0.423 e. The van der Waals surface area contributed by atoms with Gasteiger partial charge in [-0.05, 0) is 35.3 Å². The zero-order chi connectivity index (χ0) is 14.5. The van der Waals surface area contributed by atoms with Gasteiger partial charge in [-0.25, -0.2) is 0 Å².